The van der Waals surface area contributed by atoms with Crippen molar-refractivity contribution in [1.82, 2.24) is 4.98 Å². The molecule has 2 nitrogen and oxygen atoms in total. The van der Waals surface area contributed by atoms with Gasteiger partial charge in [-0.2, -0.15) is 5.26 Å². The number of H-pyrrole nitrogens is 1. The average Bonchev–Trinajstić information content (AvgIpc) is 2.32. The van der Waals surface area contributed by atoms with Gasteiger partial charge < -0.3 is 4.98 Å². The van der Waals surface area contributed by atoms with Crippen molar-refractivity contribution in [3.63, 3.8) is 0 Å². The molecule has 0 spiro atoms. The van der Waals surface area contributed by atoms with Gasteiger partial charge in [-0.25, -0.2) is 4.39 Å². The summed E-state index contributed by atoms with van der Waals surface area (Å²) in [5, 5.41) is 8.77. The number of nitrogens with one attached hydrogen (secondary N) is 1. The molecule has 17 heavy (non-hydrogen) atoms. The Morgan fingerprint density at radius 3 is 2.65 bits per heavy atom. The quantitative estimate of drug-likeness (QED) is 0.803. The minimum Gasteiger partial charge on any atom is -0.345 e. The van der Waals surface area contributed by atoms with Gasteiger partial charge in [0.1, 0.15) is 16.5 Å². The van der Waals surface area contributed by atoms with Crippen molar-refractivity contribution in [2.75, 3.05) is 0 Å². The van der Waals surface area contributed by atoms with Crippen LogP contribution in [0.25, 0.3) is 11.3 Å². The highest BCUT2D eigenvalue weighted by Crippen LogP contribution is 2.24. The monoisotopic (exact) mass is 308 g/mol. The SMILES string of the molecule is N#Cc1ccc(-c2ccc(F)c(Br)c2)[nH]c1=S. The van der Waals surface area contributed by atoms with Crippen LogP contribution in [0.15, 0.2) is 34.8 Å². The third-order valence-corrected chi connectivity index (χ3v) is 3.19. The van der Waals surface area contributed by atoms with Gasteiger partial charge in [-0.1, -0.05) is 12.2 Å². The van der Waals surface area contributed by atoms with E-state index in [1.54, 1.807) is 24.3 Å². The van der Waals surface area contributed by atoms with Crippen LogP contribution in [-0.4, -0.2) is 4.98 Å². The minimum absolute atomic E-state index is 0.319. The van der Waals surface area contributed by atoms with Crippen LogP contribution in [-0.2, 0) is 0 Å². The molecule has 84 valence electrons. The lowest BCUT2D eigenvalue weighted by atomic mass is 10.1. The molecule has 1 heterocycles. The van der Waals surface area contributed by atoms with Crippen LogP contribution in [0.2, 0.25) is 0 Å². The van der Waals surface area contributed by atoms with Gasteiger partial charge in [0.05, 0.1) is 10.0 Å². The second-order valence-electron chi connectivity index (χ2n) is 3.36. The maximum atomic E-state index is 13.1. The molecule has 0 aliphatic carbocycles. The number of hydrogen-bond donors (Lipinski definition) is 1. The number of nitrogens with zero attached hydrogens (tertiary/aromatic N) is 1. The van der Waals surface area contributed by atoms with Crippen molar-refractivity contribution in [2.45, 2.75) is 0 Å². The third kappa shape index (κ3) is 2.43. The second kappa shape index (κ2) is 4.78. The lowest BCUT2D eigenvalue weighted by molar-refractivity contribution is 0.621. The van der Waals surface area contributed by atoms with Crippen LogP contribution in [0.5, 0.6) is 0 Å². The van der Waals surface area contributed by atoms with Crippen LogP contribution in [0, 0.1) is 21.8 Å². The van der Waals surface area contributed by atoms with Gasteiger partial charge in [-0.15, -0.1) is 0 Å². The van der Waals surface area contributed by atoms with Crippen LogP contribution >= 0.6 is 28.1 Å². The summed E-state index contributed by atoms with van der Waals surface area (Å²) in [6, 6.07) is 10.0. The summed E-state index contributed by atoms with van der Waals surface area (Å²) in [6.45, 7) is 0. The fraction of sp³-hybridized carbons (Fsp3) is 0. The zero-order valence-corrected chi connectivity index (χ0v) is 10.9. The predicted octanol–water partition coefficient (Wildman–Crippen LogP) is 4.18. The molecule has 0 saturated heterocycles. The molecule has 0 fully saturated rings. The fourth-order valence-electron chi connectivity index (χ4n) is 1.39. The van der Waals surface area contributed by atoms with Crippen molar-refractivity contribution in [2.24, 2.45) is 0 Å². The Morgan fingerprint density at radius 1 is 1.29 bits per heavy atom. The highest BCUT2D eigenvalue weighted by Gasteiger charge is 2.04. The summed E-state index contributed by atoms with van der Waals surface area (Å²) in [6.07, 6.45) is 0. The van der Waals surface area contributed by atoms with Crippen molar-refractivity contribution in [3.8, 4) is 17.3 Å². The van der Waals surface area contributed by atoms with Crippen LogP contribution in [0.3, 0.4) is 0 Å². The topological polar surface area (TPSA) is 39.6 Å². The number of benzene rings is 1. The molecular weight excluding hydrogens is 303 g/mol. The highest BCUT2D eigenvalue weighted by molar-refractivity contribution is 9.10. The van der Waals surface area contributed by atoms with Gasteiger partial charge in [0.2, 0.25) is 0 Å². The van der Waals surface area contributed by atoms with Crippen molar-refractivity contribution < 1.29 is 4.39 Å². The standard InChI is InChI=1S/C12H6BrFN2S/c13-9-5-7(1-3-10(9)14)11-4-2-8(6-15)12(17)16-11/h1-5H,(H,16,17). The third-order valence-electron chi connectivity index (χ3n) is 2.26. The van der Waals surface area contributed by atoms with Gasteiger partial charge in [0.15, 0.2) is 0 Å². The molecule has 1 aromatic carbocycles. The van der Waals surface area contributed by atoms with Gasteiger partial charge in [-0.3, -0.25) is 0 Å². The normalized spacial score (nSPS) is 9.94. The number of pyridine rings is 1. The van der Waals surface area contributed by atoms with E-state index < -0.39 is 0 Å². The first-order chi connectivity index (χ1) is 8.11. The van der Waals surface area contributed by atoms with Crippen LogP contribution < -0.4 is 0 Å². The molecule has 1 N–H and O–H groups in total. The van der Waals surface area contributed by atoms with E-state index in [0.29, 0.717) is 14.7 Å². The molecule has 5 heteroatoms. The Hall–Kier alpha value is -1.51. The van der Waals surface area contributed by atoms with E-state index in [-0.39, 0.29) is 5.82 Å². The maximum Gasteiger partial charge on any atom is 0.137 e. The van der Waals surface area contributed by atoms with Gasteiger partial charge in [0.25, 0.3) is 0 Å². The molecule has 0 radical (unpaired) electrons. The summed E-state index contributed by atoms with van der Waals surface area (Å²) >= 11 is 8.16. The number of hydrogen-bond acceptors (Lipinski definition) is 2. The van der Waals surface area contributed by atoms with E-state index in [1.165, 1.54) is 6.07 Å². The minimum atomic E-state index is -0.319. The number of rotatable bonds is 1. The molecule has 0 bridgehead atoms. The van der Waals surface area contributed by atoms with Crippen molar-refractivity contribution >= 4 is 28.1 Å². The summed E-state index contributed by atoms with van der Waals surface area (Å²) in [7, 11) is 0. The Morgan fingerprint density at radius 2 is 2.06 bits per heavy atom. The second-order valence-corrected chi connectivity index (χ2v) is 4.62. The lowest BCUT2D eigenvalue weighted by Crippen LogP contribution is -1.88. The van der Waals surface area contributed by atoms with E-state index in [1.807, 2.05) is 6.07 Å². The predicted molar refractivity (Wildman–Crippen MR) is 69.4 cm³/mol. The molecule has 0 atom stereocenters. The van der Waals surface area contributed by atoms with Crippen LogP contribution in [0.1, 0.15) is 5.56 Å². The largest absolute Gasteiger partial charge is 0.345 e. The first-order valence-electron chi connectivity index (χ1n) is 4.70. The zero-order chi connectivity index (χ0) is 12.4. The summed E-state index contributed by atoms with van der Waals surface area (Å²) in [5.41, 5.74) is 1.97. The van der Waals surface area contributed by atoms with E-state index in [4.69, 9.17) is 17.5 Å². The smallest absolute Gasteiger partial charge is 0.137 e. The number of aromatic nitrogens is 1. The molecule has 2 aromatic rings. The molecule has 0 saturated carbocycles. The fourth-order valence-corrected chi connectivity index (χ4v) is 2.00. The number of halogens is 2. The van der Waals surface area contributed by atoms with E-state index >= 15 is 0 Å². The lowest BCUT2D eigenvalue weighted by Gasteiger charge is -2.03. The van der Waals surface area contributed by atoms with E-state index in [0.717, 1.165) is 11.3 Å². The molecule has 0 aliphatic rings. The van der Waals surface area contributed by atoms with E-state index in [2.05, 4.69) is 20.9 Å². The molecule has 2 rings (SSSR count). The molecular formula is C12H6BrFN2S. The molecule has 1 aromatic heterocycles. The van der Waals surface area contributed by atoms with Crippen molar-refractivity contribution in [1.29, 1.82) is 5.26 Å². The molecule has 0 unspecified atom stereocenters. The summed E-state index contributed by atoms with van der Waals surface area (Å²) in [5.74, 6) is -0.319. The maximum absolute atomic E-state index is 13.1. The van der Waals surface area contributed by atoms with Crippen molar-refractivity contribution in [3.05, 3.63) is 50.8 Å². The Bertz CT molecular complexity index is 673. The van der Waals surface area contributed by atoms with Gasteiger partial charge >= 0.3 is 0 Å². The first kappa shape index (κ1) is 12.0. The molecule has 0 amide bonds. The highest BCUT2D eigenvalue weighted by atomic mass is 79.9. The Kier molecular flexibility index (Phi) is 3.36. The van der Waals surface area contributed by atoms with Gasteiger partial charge in [-0.05, 0) is 51.8 Å². The zero-order valence-electron chi connectivity index (χ0n) is 8.50. The summed E-state index contributed by atoms with van der Waals surface area (Å²) in [4.78, 5) is 2.94. The number of nitriles is 1. The van der Waals surface area contributed by atoms with Gasteiger partial charge in [0, 0.05) is 5.69 Å². The summed E-state index contributed by atoms with van der Waals surface area (Å²) < 4.78 is 13.9. The Labute approximate surface area is 111 Å². The van der Waals surface area contributed by atoms with E-state index in [9.17, 15) is 4.39 Å². The van der Waals surface area contributed by atoms with Crippen LogP contribution in [0.4, 0.5) is 4.39 Å². The Balaban J connectivity index is 2.54. The molecule has 0 aliphatic heterocycles. The number of aromatic amines is 1. The first-order valence-corrected chi connectivity index (χ1v) is 5.91. The average molecular weight is 309 g/mol.